The molecular weight excluding hydrogens is 202 g/mol. The molecular formula is C12H17N3O. The van der Waals surface area contributed by atoms with Crippen LogP contribution in [-0.2, 0) is 0 Å². The van der Waals surface area contributed by atoms with Crippen LogP contribution >= 0.6 is 0 Å². The number of hydrogen-bond acceptors (Lipinski definition) is 4. The van der Waals surface area contributed by atoms with Crippen LogP contribution in [0.3, 0.4) is 0 Å². The second-order valence-corrected chi connectivity index (χ2v) is 3.69. The maximum Gasteiger partial charge on any atom is 0.147 e. The van der Waals surface area contributed by atoms with E-state index >= 15 is 0 Å². The molecule has 0 saturated carbocycles. The molecule has 0 aliphatic heterocycles. The summed E-state index contributed by atoms with van der Waals surface area (Å²) >= 11 is 0. The Bertz CT molecular complexity index is 409. The summed E-state index contributed by atoms with van der Waals surface area (Å²) in [5, 5.41) is 18.1. The standard InChI is InChI=1S/C12H17N3O/c1-4-15(5-6-16)12-11(8-13)9(2)7-10(3)14-12/h7,16H,4-6H2,1-3H3. The quantitative estimate of drug-likeness (QED) is 0.831. The van der Waals surface area contributed by atoms with Gasteiger partial charge in [0.25, 0.3) is 0 Å². The Balaban J connectivity index is 3.24. The van der Waals surface area contributed by atoms with Gasteiger partial charge in [-0.2, -0.15) is 5.26 Å². The highest BCUT2D eigenvalue weighted by atomic mass is 16.3. The van der Waals surface area contributed by atoms with Crippen molar-refractivity contribution < 1.29 is 5.11 Å². The monoisotopic (exact) mass is 219 g/mol. The molecule has 86 valence electrons. The third-order valence-corrected chi connectivity index (χ3v) is 2.49. The first kappa shape index (κ1) is 12.5. The highest BCUT2D eigenvalue weighted by Gasteiger charge is 2.13. The fraction of sp³-hybridized carbons (Fsp3) is 0.500. The molecule has 1 N–H and O–H groups in total. The van der Waals surface area contributed by atoms with Gasteiger partial charge in [-0.1, -0.05) is 0 Å². The van der Waals surface area contributed by atoms with Crippen LogP contribution in [0.4, 0.5) is 5.82 Å². The van der Waals surface area contributed by atoms with Crippen molar-refractivity contribution in [3.63, 3.8) is 0 Å². The fourth-order valence-electron chi connectivity index (χ4n) is 1.72. The van der Waals surface area contributed by atoms with Crippen LogP contribution in [0.25, 0.3) is 0 Å². The Morgan fingerprint density at radius 1 is 1.50 bits per heavy atom. The molecule has 16 heavy (non-hydrogen) atoms. The average Bonchev–Trinajstić information content (AvgIpc) is 2.25. The van der Waals surface area contributed by atoms with Crippen molar-refractivity contribution in [3.05, 3.63) is 22.9 Å². The molecule has 0 aromatic carbocycles. The van der Waals surface area contributed by atoms with E-state index in [-0.39, 0.29) is 6.61 Å². The normalized spacial score (nSPS) is 9.94. The number of aromatic nitrogens is 1. The topological polar surface area (TPSA) is 60.1 Å². The summed E-state index contributed by atoms with van der Waals surface area (Å²) in [4.78, 5) is 6.30. The van der Waals surface area contributed by atoms with Crippen LogP contribution in [0, 0.1) is 25.2 Å². The zero-order valence-electron chi connectivity index (χ0n) is 9.99. The molecule has 0 saturated heterocycles. The van der Waals surface area contributed by atoms with Gasteiger partial charge in [0, 0.05) is 18.8 Å². The Labute approximate surface area is 96.2 Å². The number of nitrogens with zero attached hydrogens (tertiary/aromatic N) is 3. The van der Waals surface area contributed by atoms with Crippen LogP contribution < -0.4 is 4.90 Å². The maximum absolute atomic E-state index is 9.12. The summed E-state index contributed by atoms with van der Waals surface area (Å²) in [6.45, 7) is 7.09. The predicted octanol–water partition coefficient (Wildman–Crippen LogP) is 1.39. The van der Waals surface area contributed by atoms with Crippen molar-refractivity contribution in [2.75, 3.05) is 24.6 Å². The maximum atomic E-state index is 9.12. The van der Waals surface area contributed by atoms with Crippen LogP contribution in [0.2, 0.25) is 0 Å². The first-order valence-electron chi connectivity index (χ1n) is 5.38. The molecule has 0 bridgehead atoms. The van der Waals surface area contributed by atoms with Gasteiger partial charge in [0.15, 0.2) is 0 Å². The van der Waals surface area contributed by atoms with Gasteiger partial charge in [0.05, 0.1) is 12.2 Å². The Hall–Kier alpha value is -1.60. The van der Waals surface area contributed by atoms with Crippen molar-refractivity contribution in [2.45, 2.75) is 20.8 Å². The highest BCUT2D eigenvalue weighted by Crippen LogP contribution is 2.21. The molecule has 1 aromatic rings. The summed E-state index contributed by atoms with van der Waals surface area (Å²) in [5.41, 5.74) is 2.42. The number of nitriles is 1. The van der Waals surface area contributed by atoms with E-state index in [1.54, 1.807) is 0 Å². The lowest BCUT2D eigenvalue weighted by Crippen LogP contribution is -2.28. The fourth-order valence-corrected chi connectivity index (χ4v) is 1.72. The Kier molecular flexibility index (Phi) is 4.27. The van der Waals surface area contributed by atoms with Crippen molar-refractivity contribution >= 4 is 5.82 Å². The molecule has 0 fully saturated rings. The molecule has 1 aromatic heterocycles. The average molecular weight is 219 g/mol. The van der Waals surface area contributed by atoms with E-state index in [2.05, 4.69) is 11.1 Å². The molecule has 4 heteroatoms. The van der Waals surface area contributed by atoms with Gasteiger partial charge >= 0.3 is 0 Å². The molecule has 1 heterocycles. The van der Waals surface area contributed by atoms with Gasteiger partial charge in [-0.05, 0) is 32.4 Å². The third kappa shape index (κ3) is 2.50. The van der Waals surface area contributed by atoms with E-state index in [9.17, 15) is 0 Å². The van der Waals surface area contributed by atoms with E-state index in [4.69, 9.17) is 10.4 Å². The summed E-state index contributed by atoms with van der Waals surface area (Å²) in [6.07, 6.45) is 0. The zero-order valence-corrected chi connectivity index (χ0v) is 9.99. The van der Waals surface area contributed by atoms with Crippen LogP contribution in [0.5, 0.6) is 0 Å². The summed E-state index contributed by atoms with van der Waals surface area (Å²) in [6, 6.07) is 4.08. The molecule has 0 aliphatic carbocycles. The smallest absolute Gasteiger partial charge is 0.147 e. The van der Waals surface area contributed by atoms with Crippen molar-refractivity contribution in [1.29, 1.82) is 5.26 Å². The van der Waals surface area contributed by atoms with E-state index in [0.717, 1.165) is 17.8 Å². The number of rotatable bonds is 4. The van der Waals surface area contributed by atoms with Crippen LogP contribution in [-0.4, -0.2) is 29.8 Å². The first-order chi connectivity index (χ1) is 7.63. The van der Waals surface area contributed by atoms with E-state index in [1.807, 2.05) is 31.7 Å². The largest absolute Gasteiger partial charge is 0.395 e. The number of aryl methyl sites for hydroxylation is 2. The van der Waals surface area contributed by atoms with E-state index in [0.29, 0.717) is 17.9 Å². The van der Waals surface area contributed by atoms with Crippen molar-refractivity contribution in [3.8, 4) is 6.07 Å². The minimum absolute atomic E-state index is 0.0629. The van der Waals surface area contributed by atoms with Crippen molar-refractivity contribution in [1.82, 2.24) is 4.98 Å². The number of anilines is 1. The number of aliphatic hydroxyl groups is 1. The third-order valence-electron chi connectivity index (χ3n) is 2.49. The number of pyridine rings is 1. The predicted molar refractivity (Wildman–Crippen MR) is 63.4 cm³/mol. The second kappa shape index (κ2) is 5.47. The molecule has 4 nitrogen and oxygen atoms in total. The SMILES string of the molecule is CCN(CCO)c1nc(C)cc(C)c1C#N. The highest BCUT2D eigenvalue weighted by molar-refractivity contribution is 5.58. The lowest BCUT2D eigenvalue weighted by molar-refractivity contribution is 0.302. The van der Waals surface area contributed by atoms with Crippen LogP contribution in [0.1, 0.15) is 23.7 Å². The minimum atomic E-state index is 0.0629. The molecule has 0 aliphatic rings. The zero-order chi connectivity index (χ0) is 12.1. The molecule has 0 spiro atoms. The molecule has 0 unspecified atom stereocenters. The number of hydrogen-bond donors (Lipinski definition) is 1. The van der Waals surface area contributed by atoms with Gasteiger partial charge in [-0.3, -0.25) is 0 Å². The van der Waals surface area contributed by atoms with Gasteiger partial charge in [0.1, 0.15) is 11.9 Å². The number of aliphatic hydroxyl groups excluding tert-OH is 1. The van der Waals surface area contributed by atoms with E-state index in [1.165, 1.54) is 0 Å². The summed E-state index contributed by atoms with van der Waals surface area (Å²) in [5.74, 6) is 0.677. The van der Waals surface area contributed by atoms with Gasteiger partial charge in [-0.15, -0.1) is 0 Å². The number of likely N-dealkylation sites (N-methyl/N-ethyl adjacent to an activating group) is 1. The Morgan fingerprint density at radius 2 is 2.19 bits per heavy atom. The van der Waals surface area contributed by atoms with Crippen LogP contribution in [0.15, 0.2) is 6.07 Å². The molecule has 0 amide bonds. The first-order valence-corrected chi connectivity index (χ1v) is 5.38. The Morgan fingerprint density at radius 3 is 2.69 bits per heavy atom. The molecule has 1 rings (SSSR count). The molecule has 0 radical (unpaired) electrons. The lowest BCUT2D eigenvalue weighted by atomic mass is 10.1. The van der Waals surface area contributed by atoms with Gasteiger partial charge < -0.3 is 10.0 Å². The second-order valence-electron chi connectivity index (χ2n) is 3.69. The van der Waals surface area contributed by atoms with E-state index < -0.39 is 0 Å². The lowest BCUT2D eigenvalue weighted by Gasteiger charge is -2.22. The summed E-state index contributed by atoms with van der Waals surface area (Å²) in [7, 11) is 0. The van der Waals surface area contributed by atoms with Gasteiger partial charge in [0.2, 0.25) is 0 Å². The van der Waals surface area contributed by atoms with Gasteiger partial charge in [-0.25, -0.2) is 4.98 Å². The molecule has 0 atom stereocenters. The minimum Gasteiger partial charge on any atom is -0.395 e. The summed E-state index contributed by atoms with van der Waals surface area (Å²) < 4.78 is 0. The van der Waals surface area contributed by atoms with Crippen molar-refractivity contribution in [2.24, 2.45) is 0 Å².